The van der Waals surface area contributed by atoms with Crippen LogP contribution in [0.4, 0.5) is 0 Å². The summed E-state index contributed by atoms with van der Waals surface area (Å²) in [6, 6.07) is 9.43. The van der Waals surface area contributed by atoms with Crippen LogP contribution in [-0.4, -0.2) is 12.3 Å². The Morgan fingerprint density at radius 2 is 2.07 bits per heavy atom. The summed E-state index contributed by atoms with van der Waals surface area (Å²) >= 11 is 0. The Hall–Kier alpha value is -0.850. The summed E-state index contributed by atoms with van der Waals surface area (Å²) in [6.45, 7) is 1.91. The molecule has 0 fully saturated rings. The molecule has 0 bridgehead atoms. The van der Waals surface area contributed by atoms with Gasteiger partial charge in [0.1, 0.15) is 0 Å². The summed E-state index contributed by atoms with van der Waals surface area (Å²) in [5.41, 5.74) is 0. The van der Waals surface area contributed by atoms with Crippen molar-refractivity contribution in [2.24, 2.45) is 0 Å². The molecule has 0 aromatic heterocycles. The van der Waals surface area contributed by atoms with Crippen molar-refractivity contribution in [3.8, 4) is 0 Å². The largest absolute Gasteiger partial charge is 0.318 e. The van der Waals surface area contributed by atoms with Gasteiger partial charge in [0.25, 0.3) is 0 Å². The van der Waals surface area contributed by atoms with Crippen LogP contribution in [0.3, 0.4) is 0 Å². The van der Waals surface area contributed by atoms with Gasteiger partial charge in [-0.25, -0.2) is 0 Å². The van der Waals surface area contributed by atoms with Gasteiger partial charge in [0, 0.05) is 11.5 Å². The van der Waals surface area contributed by atoms with Crippen molar-refractivity contribution in [1.82, 2.24) is 0 Å². The van der Waals surface area contributed by atoms with Crippen molar-refractivity contribution in [3.63, 3.8) is 0 Å². The van der Waals surface area contributed by atoms with E-state index in [2.05, 4.69) is 0 Å². The van der Waals surface area contributed by atoms with Crippen molar-refractivity contribution in [3.05, 3.63) is 42.5 Å². The molecular weight excluding hydrogens is 195 g/mol. The third-order valence-corrected chi connectivity index (χ3v) is 4.69. The zero-order valence-electron chi connectivity index (χ0n) is 8.09. The average Bonchev–Trinajstić information content (AvgIpc) is 2.19. The number of rotatable bonds is 1. The molecule has 0 radical (unpaired) electrons. The molecule has 1 heterocycles. The van der Waals surface area contributed by atoms with Gasteiger partial charge in [-0.15, -0.1) is 0 Å². The van der Waals surface area contributed by atoms with Crippen LogP contribution < -0.4 is 5.30 Å². The smallest absolute Gasteiger partial charge is 0.236 e. The molecule has 2 nitrogen and oxygen atoms in total. The minimum Gasteiger partial charge on any atom is -0.318 e. The van der Waals surface area contributed by atoms with Crippen molar-refractivity contribution >= 4 is 12.7 Å². The molecule has 1 aliphatic rings. The molecular formula is C11H13O2P. The maximum atomic E-state index is 12.4. The maximum absolute atomic E-state index is 12.4. The van der Waals surface area contributed by atoms with Crippen LogP contribution in [0.25, 0.3) is 0 Å². The molecule has 3 heteroatoms. The van der Waals surface area contributed by atoms with E-state index in [0.29, 0.717) is 6.16 Å². The molecule has 1 aliphatic heterocycles. The van der Waals surface area contributed by atoms with Crippen LogP contribution in [0.1, 0.15) is 6.92 Å². The van der Waals surface area contributed by atoms with Crippen LogP contribution in [0.15, 0.2) is 42.5 Å². The van der Waals surface area contributed by atoms with Gasteiger partial charge < -0.3 is 4.52 Å². The highest BCUT2D eigenvalue weighted by atomic mass is 31.2. The zero-order valence-corrected chi connectivity index (χ0v) is 8.98. The fourth-order valence-corrected chi connectivity index (χ4v) is 3.61. The van der Waals surface area contributed by atoms with Crippen molar-refractivity contribution < 1.29 is 9.09 Å². The highest BCUT2D eigenvalue weighted by Gasteiger charge is 2.28. The van der Waals surface area contributed by atoms with Crippen LogP contribution in [0.2, 0.25) is 0 Å². The van der Waals surface area contributed by atoms with Crippen molar-refractivity contribution in [2.45, 2.75) is 13.0 Å². The second kappa shape index (κ2) is 3.72. The standard InChI is InChI=1S/C11H13O2P/c1-10-6-5-9-14(12,13-10)11-7-3-2-4-8-11/h2-8,10H,9H2,1H3. The SMILES string of the molecule is CC1C=CCP(=O)(c2ccccc2)O1. The van der Waals surface area contributed by atoms with Gasteiger partial charge in [0.2, 0.25) is 7.37 Å². The molecule has 0 saturated carbocycles. The lowest BCUT2D eigenvalue weighted by Crippen LogP contribution is -2.17. The Morgan fingerprint density at radius 1 is 1.36 bits per heavy atom. The Bertz CT molecular complexity index is 384. The highest BCUT2D eigenvalue weighted by molar-refractivity contribution is 7.67. The fourth-order valence-electron chi connectivity index (χ4n) is 1.56. The van der Waals surface area contributed by atoms with E-state index in [1.807, 2.05) is 49.4 Å². The minimum atomic E-state index is -2.61. The molecule has 0 amide bonds. The van der Waals surface area contributed by atoms with Gasteiger partial charge in [-0.3, -0.25) is 4.57 Å². The average molecular weight is 208 g/mol. The maximum Gasteiger partial charge on any atom is 0.236 e. The van der Waals surface area contributed by atoms with Gasteiger partial charge >= 0.3 is 0 Å². The molecule has 2 rings (SSSR count). The molecule has 0 spiro atoms. The Balaban J connectivity index is 2.35. The Kier molecular flexibility index (Phi) is 2.58. The van der Waals surface area contributed by atoms with Gasteiger partial charge in [0.15, 0.2) is 0 Å². The van der Waals surface area contributed by atoms with E-state index in [0.717, 1.165) is 5.30 Å². The molecule has 0 N–H and O–H groups in total. The zero-order chi connectivity index (χ0) is 10.0. The van der Waals surface area contributed by atoms with Crippen LogP contribution in [0, 0.1) is 0 Å². The third kappa shape index (κ3) is 1.82. The van der Waals surface area contributed by atoms with Crippen LogP contribution >= 0.6 is 7.37 Å². The minimum absolute atomic E-state index is 0.0465. The van der Waals surface area contributed by atoms with Gasteiger partial charge in [-0.2, -0.15) is 0 Å². The molecule has 2 atom stereocenters. The lowest BCUT2D eigenvalue weighted by Gasteiger charge is -2.23. The van der Waals surface area contributed by atoms with E-state index in [1.54, 1.807) is 0 Å². The van der Waals surface area contributed by atoms with Gasteiger partial charge in [0.05, 0.1) is 6.10 Å². The molecule has 0 aliphatic carbocycles. The predicted molar refractivity (Wildman–Crippen MR) is 58.2 cm³/mol. The monoisotopic (exact) mass is 208 g/mol. The molecule has 74 valence electrons. The fraction of sp³-hybridized carbons (Fsp3) is 0.273. The van der Waals surface area contributed by atoms with Gasteiger partial charge in [-0.1, -0.05) is 30.4 Å². The number of hydrogen-bond acceptors (Lipinski definition) is 2. The van der Waals surface area contributed by atoms with E-state index in [-0.39, 0.29) is 6.10 Å². The summed E-state index contributed by atoms with van der Waals surface area (Å²) in [7, 11) is -2.61. The summed E-state index contributed by atoms with van der Waals surface area (Å²) in [4.78, 5) is 0. The summed E-state index contributed by atoms with van der Waals surface area (Å²) in [5.74, 6) is 0. The lowest BCUT2D eigenvalue weighted by atomic mass is 10.4. The number of benzene rings is 1. The van der Waals surface area contributed by atoms with E-state index >= 15 is 0 Å². The van der Waals surface area contributed by atoms with E-state index in [4.69, 9.17) is 4.52 Å². The summed E-state index contributed by atoms with van der Waals surface area (Å²) in [5, 5.41) is 0.816. The quantitative estimate of drug-likeness (QED) is 0.523. The van der Waals surface area contributed by atoms with Crippen LogP contribution in [0.5, 0.6) is 0 Å². The first-order chi connectivity index (χ1) is 6.71. The lowest BCUT2D eigenvalue weighted by molar-refractivity contribution is 0.271. The van der Waals surface area contributed by atoms with Gasteiger partial charge in [-0.05, 0) is 19.1 Å². The third-order valence-electron chi connectivity index (χ3n) is 2.24. The number of hydrogen-bond donors (Lipinski definition) is 0. The highest BCUT2D eigenvalue weighted by Crippen LogP contribution is 2.48. The predicted octanol–water partition coefficient (Wildman–Crippen LogP) is 2.56. The first-order valence-electron chi connectivity index (χ1n) is 4.70. The number of allylic oxidation sites excluding steroid dienone is 1. The second-order valence-electron chi connectivity index (χ2n) is 3.43. The summed E-state index contributed by atoms with van der Waals surface area (Å²) < 4.78 is 17.9. The Morgan fingerprint density at radius 3 is 2.71 bits per heavy atom. The molecule has 14 heavy (non-hydrogen) atoms. The second-order valence-corrected chi connectivity index (χ2v) is 5.87. The van der Waals surface area contributed by atoms with E-state index in [9.17, 15) is 4.57 Å². The molecule has 1 aromatic carbocycles. The normalized spacial score (nSPS) is 31.6. The topological polar surface area (TPSA) is 26.3 Å². The first-order valence-corrected chi connectivity index (χ1v) is 6.51. The Labute approximate surface area is 84.1 Å². The van der Waals surface area contributed by atoms with E-state index < -0.39 is 7.37 Å². The first kappa shape index (κ1) is 9.70. The molecule has 0 saturated heterocycles. The van der Waals surface area contributed by atoms with E-state index in [1.165, 1.54) is 0 Å². The molecule has 1 aromatic rings. The van der Waals surface area contributed by atoms with Crippen molar-refractivity contribution in [2.75, 3.05) is 6.16 Å². The van der Waals surface area contributed by atoms with Crippen molar-refractivity contribution in [1.29, 1.82) is 0 Å². The summed E-state index contributed by atoms with van der Waals surface area (Å²) in [6.07, 6.45) is 4.36. The van der Waals surface area contributed by atoms with Crippen LogP contribution in [-0.2, 0) is 9.09 Å². The molecule has 2 unspecified atom stereocenters.